The Kier molecular flexibility index (Phi) is 7.17. The van der Waals surface area contributed by atoms with Gasteiger partial charge in [0.1, 0.15) is 0 Å². The van der Waals surface area contributed by atoms with Gasteiger partial charge in [0.2, 0.25) is 5.91 Å². The molecular weight excluding hydrogens is 346 g/mol. The molecule has 28 heavy (non-hydrogen) atoms. The Morgan fingerprint density at radius 3 is 2.50 bits per heavy atom. The zero-order valence-electron chi connectivity index (χ0n) is 18.2. The number of hydrogen-bond acceptors (Lipinski definition) is 2. The predicted octanol–water partition coefficient (Wildman–Crippen LogP) is 4.92. The number of amides is 1. The molecule has 0 aliphatic carbocycles. The fourth-order valence-electron chi connectivity index (χ4n) is 4.98. The molecule has 1 aliphatic rings. The van der Waals surface area contributed by atoms with Gasteiger partial charge in [-0.25, -0.2) is 0 Å². The third-order valence-corrected chi connectivity index (χ3v) is 6.21. The number of aryl methyl sites for hydroxylation is 1. The first-order valence-corrected chi connectivity index (χ1v) is 11.2. The Labute approximate surface area is 170 Å². The first-order chi connectivity index (χ1) is 13.6. The second-order valence-electron chi connectivity index (χ2n) is 8.13. The molecule has 0 fully saturated rings. The lowest BCUT2D eigenvalue weighted by molar-refractivity contribution is -0.134. The maximum atomic E-state index is 12.7. The third-order valence-electron chi connectivity index (χ3n) is 6.21. The summed E-state index contributed by atoms with van der Waals surface area (Å²) in [6.07, 6.45) is 6.16. The van der Waals surface area contributed by atoms with Crippen molar-refractivity contribution >= 4 is 16.8 Å². The Bertz CT molecular complexity index is 788. The van der Waals surface area contributed by atoms with E-state index < -0.39 is 0 Å². The van der Waals surface area contributed by atoms with E-state index in [1.54, 1.807) is 0 Å². The number of aromatic nitrogens is 1. The van der Waals surface area contributed by atoms with E-state index in [4.69, 9.17) is 0 Å². The summed E-state index contributed by atoms with van der Waals surface area (Å²) in [4.78, 5) is 17.5. The second kappa shape index (κ2) is 9.60. The van der Waals surface area contributed by atoms with Crippen LogP contribution in [0.15, 0.2) is 24.3 Å². The molecule has 0 saturated heterocycles. The smallest absolute Gasteiger partial charge is 0.222 e. The summed E-state index contributed by atoms with van der Waals surface area (Å²) in [6.45, 7) is 10.8. The molecule has 1 amide bonds. The summed E-state index contributed by atoms with van der Waals surface area (Å²) >= 11 is 0. The summed E-state index contributed by atoms with van der Waals surface area (Å²) in [5, 5.41) is 1.37. The maximum absolute atomic E-state index is 12.7. The summed E-state index contributed by atoms with van der Waals surface area (Å²) in [7, 11) is 2.18. The first-order valence-electron chi connectivity index (χ1n) is 11.2. The zero-order valence-corrected chi connectivity index (χ0v) is 18.2. The van der Waals surface area contributed by atoms with Crippen LogP contribution in [-0.4, -0.2) is 46.5 Å². The fourth-order valence-corrected chi connectivity index (χ4v) is 4.98. The molecule has 0 bridgehead atoms. The quantitative estimate of drug-likeness (QED) is 0.615. The van der Waals surface area contributed by atoms with Gasteiger partial charge >= 0.3 is 0 Å². The minimum atomic E-state index is 0.207. The van der Waals surface area contributed by atoms with Crippen molar-refractivity contribution in [1.82, 2.24) is 14.4 Å². The standard InChI is InChI=1S/C24H37N3O/c1-5-15-26(16-6-2)17-10-13-22-24-20(14-18-27(22)23(28)7-3)19-11-8-9-12-21(19)25(24)4/h8-9,11-12,22H,5-7,10,13-18H2,1-4H3. The van der Waals surface area contributed by atoms with Crippen LogP contribution < -0.4 is 0 Å². The van der Waals surface area contributed by atoms with Crippen molar-refractivity contribution in [2.24, 2.45) is 7.05 Å². The molecule has 1 aromatic heterocycles. The normalized spacial score (nSPS) is 16.8. The summed E-state index contributed by atoms with van der Waals surface area (Å²) in [6, 6.07) is 8.91. The van der Waals surface area contributed by atoms with Crippen molar-refractivity contribution in [3.63, 3.8) is 0 Å². The number of rotatable bonds is 9. The van der Waals surface area contributed by atoms with Crippen molar-refractivity contribution in [1.29, 1.82) is 0 Å². The molecule has 2 heterocycles. The van der Waals surface area contributed by atoms with Gasteiger partial charge < -0.3 is 14.4 Å². The van der Waals surface area contributed by atoms with Crippen LogP contribution in [0.1, 0.15) is 70.2 Å². The van der Waals surface area contributed by atoms with E-state index in [0.717, 1.165) is 32.4 Å². The van der Waals surface area contributed by atoms with Crippen LogP contribution in [0.4, 0.5) is 0 Å². The number of para-hydroxylation sites is 1. The van der Waals surface area contributed by atoms with Crippen LogP contribution in [0.25, 0.3) is 10.9 Å². The average Bonchev–Trinajstić information content (AvgIpc) is 3.01. The molecule has 4 heteroatoms. The average molecular weight is 384 g/mol. The van der Waals surface area contributed by atoms with E-state index in [1.165, 1.54) is 48.1 Å². The molecule has 1 aliphatic heterocycles. The number of hydrogen-bond donors (Lipinski definition) is 0. The van der Waals surface area contributed by atoms with Gasteiger partial charge in [0.05, 0.1) is 6.04 Å². The second-order valence-corrected chi connectivity index (χ2v) is 8.13. The Morgan fingerprint density at radius 2 is 1.82 bits per heavy atom. The SMILES string of the molecule is CCCN(CCC)CCCC1c2c(c3ccccc3n2C)CCN1C(=O)CC. The summed E-state index contributed by atoms with van der Waals surface area (Å²) in [5.74, 6) is 0.292. The van der Waals surface area contributed by atoms with E-state index in [0.29, 0.717) is 12.3 Å². The molecule has 0 spiro atoms. The van der Waals surface area contributed by atoms with Crippen LogP contribution in [0, 0.1) is 0 Å². The Hall–Kier alpha value is -1.81. The predicted molar refractivity (Wildman–Crippen MR) is 118 cm³/mol. The molecule has 1 atom stereocenters. The molecule has 0 N–H and O–H groups in total. The van der Waals surface area contributed by atoms with Gasteiger partial charge in [0.15, 0.2) is 0 Å². The first kappa shape index (κ1) is 20.9. The Morgan fingerprint density at radius 1 is 1.11 bits per heavy atom. The number of carbonyl (C=O) groups is 1. The summed E-state index contributed by atoms with van der Waals surface area (Å²) in [5.41, 5.74) is 4.12. The van der Waals surface area contributed by atoms with E-state index in [-0.39, 0.29) is 6.04 Å². The van der Waals surface area contributed by atoms with E-state index in [9.17, 15) is 4.79 Å². The van der Waals surface area contributed by atoms with Crippen LogP contribution in [0.2, 0.25) is 0 Å². The molecule has 4 nitrogen and oxygen atoms in total. The minimum absolute atomic E-state index is 0.207. The van der Waals surface area contributed by atoms with Gasteiger partial charge in [-0.05, 0) is 63.4 Å². The largest absolute Gasteiger partial charge is 0.346 e. The van der Waals surface area contributed by atoms with Crippen molar-refractivity contribution in [3.05, 3.63) is 35.5 Å². The van der Waals surface area contributed by atoms with Crippen LogP contribution in [0.5, 0.6) is 0 Å². The fraction of sp³-hybridized carbons (Fsp3) is 0.625. The highest BCUT2D eigenvalue weighted by molar-refractivity contribution is 5.87. The summed E-state index contributed by atoms with van der Waals surface area (Å²) < 4.78 is 2.35. The highest BCUT2D eigenvalue weighted by Gasteiger charge is 2.33. The Balaban J connectivity index is 1.86. The van der Waals surface area contributed by atoms with Gasteiger partial charge in [0, 0.05) is 36.6 Å². The number of carbonyl (C=O) groups excluding carboxylic acids is 1. The van der Waals surface area contributed by atoms with Gasteiger partial charge in [-0.2, -0.15) is 0 Å². The topological polar surface area (TPSA) is 28.5 Å². The highest BCUT2D eigenvalue weighted by Crippen LogP contribution is 2.39. The lowest BCUT2D eigenvalue weighted by atomic mass is 9.93. The zero-order chi connectivity index (χ0) is 20.1. The van der Waals surface area contributed by atoms with Crippen LogP contribution in [0.3, 0.4) is 0 Å². The van der Waals surface area contributed by atoms with E-state index in [2.05, 4.69) is 59.5 Å². The number of benzene rings is 1. The van der Waals surface area contributed by atoms with Gasteiger partial charge in [-0.1, -0.05) is 39.0 Å². The number of nitrogens with zero attached hydrogens (tertiary/aromatic N) is 3. The van der Waals surface area contributed by atoms with E-state index >= 15 is 0 Å². The maximum Gasteiger partial charge on any atom is 0.222 e. The molecule has 3 rings (SSSR count). The molecule has 2 aromatic rings. The van der Waals surface area contributed by atoms with Crippen LogP contribution >= 0.6 is 0 Å². The lowest BCUT2D eigenvalue weighted by Crippen LogP contribution is -2.40. The molecule has 154 valence electrons. The van der Waals surface area contributed by atoms with Crippen LogP contribution in [-0.2, 0) is 18.3 Å². The molecular formula is C24H37N3O. The minimum Gasteiger partial charge on any atom is -0.346 e. The molecule has 1 unspecified atom stereocenters. The lowest BCUT2D eigenvalue weighted by Gasteiger charge is -2.37. The highest BCUT2D eigenvalue weighted by atomic mass is 16.2. The number of fused-ring (bicyclic) bond motifs is 3. The van der Waals surface area contributed by atoms with Crippen molar-refractivity contribution in [2.45, 2.75) is 65.3 Å². The van der Waals surface area contributed by atoms with Crippen molar-refractivity contribution < 1.29 is 4.79 Å². The molecule has 1 aromatic carbocycles. The van der Waals surface area contributed by atoms with Crippen molar-refractivity contribution in [2.75, 3.05) is 26.2 Å². The van der Waals surface area contributed by atoms with Gasteiger partial charge in [-0.3, -0.25) is 4.79 Å². The molecule has 0 saturated carbocycles. The third kappa shape index (κ3) is 4.12. The van der Waals surface area contributed by atoms with E-state index in [1.807, 2.05) is 6.92 Å². The molecule has 0 radical (unpaired) electrons. The van der Waals surface area contributed by atoms with Gasteiger partial charge in [0.25, 0.3) is 0 Å². The monoisotopic (exact) mass is 383 g/mol. The van der Waals surface area contributed by atoms with Crippen molar-refractivity contribution in [3.8, 4) is 0 Å². The van der Waals surface area contributed by atoms with Gasteiger partial charge in [-0.15, -0.1) is 0 Å².